The average molecular weight is 364 g/mol. The van der Waals surface area contributed by atoms with Crippen molar-refractivity contribution in [2.75, 3.05) is 18.1 Å². The van der Waals surface area contributed by atoms with Crippen LogP contribution in [0, 0.1) is 5.92 Å². The molecule has 0 amide bonds. The van der Waals surface area contributed by atoms with Crippen molar-refractivity contribution in [3.05, 3.63) is 46.6 Å². The van der Waals surface area contributed by atoms with Gasteiger partial charge in [0.25, 0.3) is 0 Å². The Morgan fingerprint density at radius 3 is 2.60 bits per heavy atom. The minimum atomic E-state index is -1.10. The number of carbonyl (C=O) groups is 1. The lowest BCUT2D eigenvalue weighted by Gasteiger charge is -2.23. The van der Waals surface area contributed by atoms with Crippen LogP contribution < -0.4 is 9.64 Å². The van der Waals surface area contributed by atoms with Gasteiger partial charge in [0.1, 0.15) is 5.75 Å². The standard InChI is InChI=1S/C18H22ClN3O3/c1-4-22(17-8-6-15(18(23)24)20-21-17)10-13-9-14(19)5-7-16(13)25-11-12(2)3/h5-9,12H,4,10-11H2,1-3H3,(H,23,24). The van der Waals surface area contributed by atoms with Crippen LogP contribution in [0.1, 0.15) is 36.8 Å². The highest BCUT2D eigenvalue weighted by Crippen LogP contribution is 2.26. The van der Waals surface area contributed by atoms with Gasteiger partial charge in [-0.1, -0.05) is 25.4 Å². The molecule has 0 saturated heterocycles. The Hall–Kier alpha value is -2.34. The van der Waals surface area contributed by atoms with Gasteiger partial charge in [-0.25, -0.2) is 4.79 Å². The van der Waals surface area contributed by atoms with Crippen LogP contribution >= 0.6 is 11.6 Å². The van der Waals surface area contributed by atoms with E-state index in [-0.39, 0.29) is 5.69 Å². The first-order valence-electron chi connectivity index (χ1n) is 8.14. The van der Waals surface area contributed by atoms with Crippen molar-refractivity contribution in [1.29, 1.82) is 0 Å². The van der Waals surface area contributed by atoms with Crippen LogP contribution in [-0.2, 0) is 6.54 Å². The summed E-state index contributed by atoms with van der Waals surface area (Å²) in [5.41, 5.74) is 0.864. The van der Waals surface area contributed by atoms with Crippen molar-refractivity contribution in [3.8, 4) is 5.75 Å². The molecule has 0 unspecified atom stereocenters. The van der Waals surface area contributed by atoms with Crippen molar-refractivity contribution >= 4 is 23.4 Å². The van der Waals surface area contributed by atoms with E-state index >= 15 is 0 Å². The summed E-state index contributed by atoms with van der Waals surface area (Å²) in [6.07, 6.45) is 0. The highest BCUT2D eigenvalue weighted by Gasteiger charge is 2.14. The number of carboxylic acid groups (broad SMARTS) is 1. The van der Waals surface area contributed by atoms with Gasteiger partial charge in [0.2, 0.25) is 0 Å². The molecule has 2 aromatic rings. The number of hydrogen-bond acceptors (Lipinski definition) is 5. The zero-order chi connectivity index (χ0) is 18.4. The molecule has 2 rings (SSSR count). The molecule has 0 saturated carbocycles. The van der Waals surface area contributed by atoms with Crippen LogP contribution in [0.25, 0.3) is 0 Å². The highest BCUT2D eigenvalue weighted by molar-refractivity contribution is 6.30. The zero-order valence-corrected chi connectivity index (χ0v) is 15.3. The van der Waals surface area contributed by atoms with E-state index in [0.29, 0.717) is 36.5 Å². The molecule has 25 heavy (non-hydrogen) atoms. The largest absolute Gasteiger partial charge is 0.493 e. The van der Waals surface area contributed by atoms with E-state index in [1.54, 1.807) is 12.1 Å². The van der Waals surface area contributed by atoms with Gasteiger partial charge >= 0.3 is 5.97 Å². The van der Waals surface area contributed by atoms with E-state index in [2.05, 4.69) is 24.0 Å². The highest BCUT2D eigenvalue weighted by atomic mass is 35.5. The van der Waals surface area contributed by atoms with Gasteiger partial charge in [0, 0.05) is 23.7 Å². The first-order chi connectivity index (χ1) is 11.9. The minimum absolute atomic E-state index is 0.0801. The topological polar surface area (TPSA) is 75.5 Å². The lowest BCUT2D eigenvalue weighted by Crippen LogP contribution is -2.24. The Morgan fingerprint density at radius 1 is 1.28 bits per heavy atom. The van der Waals surface area contributed by atoms with E-state index < -0.39 is 5.97 Å². The van der Waals surface area contributed by atoms with Crippen LogP contribution in [0.15, 0.2) is 30.3 Å². The Labute approximate surface area is 152 Å². The van der Waals surface area contributed by atoms with Crippen LogP contribution in [0.3, 0.4) is 0 Å². The Balaban J connectivity index is 2.22. The molecule has 0 atom stereocenters. The molecule has 0 fully saturated rings. The Morgan fingerprint density at radius 2 is 2.04 bits per heavy atom. The molecule has 0 aliphatic heterocycles. The number of hydrogen-bond donors (Lipinski definition) is 1. The summed E-state index contributed by atoms with van der Waals surface area (Å²) in [5, 5.41) is 17.3. The third-order valence-corrected chi connectivity index (χ3v) is 3.77. The van der Waals surface area contributed by atoms with Crippen LogP contribution in [0.2, 0.25) is 5.02 Å². The molecule has 1 aromatic heterocycles. The number of aromatic carboxylic acids is 1. The number of benzene rings is 1. The number of carboxylic acids is 1. The molecule has 1 heterocycles. The number of rotatable bonds is 8. The monoisotopic (exact) mass is 363 g/mol. The first kappa shape index (κ1) is 19.0. The van der Waals surface area contributed by atoms with Crippen molar-refractivity contribution in [3.63, 3.8) is 0 Å². The molecule has 6 nitrogen and oxygen atoms in total. The van der Waals surface area contributed by atoms with Gasteiger partial charge in [-0.3, -0.25) is 0 Å². The lowest BCUT2D eigenvalue weighted by atomic mass is 10.1. The fourth-order valence-corrected chi connectivity index (χ4v) is 2.43. The third kappa shape index (κ3) is 5.32. The molecule has 0 spiro atoms. The molecule has 0 radical (unpaired) electrons. The van der Waals surface area contributed by atoms with Crippen molar-refractivity contribution in [1.82, 2.24) is 10.2 Å². The van der Waals surface area contributed by atoms with Gasteiger partial charge in [-0.2, -0.15) is 0 Å². The number of anilines is 1. The van der Waals surface area contributed by atoms with E-state index in [1.807, 2.05) is 24.0 Å². The molecule has 0 aliphatic rings. The Kier molecular flexibility index (Phi) is 6.58. The van der Waals surface area contributed by atoms with E-state index in [9.17, 15) is 4.79 Å². The second kappa shape index (κ2) is 8.67. The normalized spacial score (nSPS) is 10.8. The maximum Gasteiger partial charge on any atom is 0.356 e. The van der Waals surface area contributed by atoms with Crippen LogP contribution in [0.4, 0.5) is 5.82 Å². The fourth-order valence-electron chi connectivity index (χ4n) is 2.24. The number of aromatic nitrogens is 2. The molecule has 134 valence electrons. The molecule has 0 aliphatic carbocycles. The maximum absolute atomic E-state index is 10.9. The zero-order valence-electron chi connectivity index (χ0n) is 14.6. The molecular formula is C18H22ClN3O3. The van der Waals surface area contributed by atoms with Gasteiger partial charge < -0.3 is 14.7 Å². The molecule has 1 N–H and O–H groups in total. The maximum atomic E-state index is 10.9. The van der Waals surface area contributed by atoms with Crippen molar-refractivity contribution in [2.45, 2.75) is 27.3 Å². The average Bonchev–Trinajstić information content (AvgIpc) is 2.58. The smallest absolute Gasteiger partial charge is 0.356 e. The fraction of sp³-hybridized carbons (Fsp3) is 0.389. The summed E-state index contributed by atoms with van der Waals surface area (Å²) in [5.74, 6) is 0.704. The predicted molar refractivity (Wildman–Crippen MR) is 97.5 cm³/mol. The van der Waals surface area contributed by atoms with E-state index in [1.165, 1.54) is 6.07 Å². The molecule has 0 bridgehead atoms. The molecule has 7 heteroatoms. The summed E-state index contributed by atoms with van der Waals surface area (Å²) in [4.78, 5) is 12.9. The number of halogens is 1. The predicted octanol–water partition coefficient (Wildman–Crippen LogP) is 3.89. The van der Waals surface area contributed by atoms with Crippen LogP contribution in [-0.4, -0.2) is 34.4 Å². The second-order valence-corrected chi connectivity index (χ2v) is 6.49. The lowest BCUT2D eigenvalue weighted by molar-refractivity contribution is 0.0689. The number of nitrogens with zero attached hydrogens (tertiary/aromatic N) is 3. The summed E-state index contributed by atoms with van der Waals surface area (Å²) >= 11 is 6.14. The quantitative estimate of drug-likeness (QED) is 0.766. The van der Waals surface area contributed by atoms with Crippen molar-refractivity contribution < 1.29 is 14.6 Å². The molecule has 1 aromatic carbocycles. The van der Waals surface area contributed by atoms with E-state index in [4.69, 9.17) is 21.4 Å². The van der Waals surface area contributed by atoms with E-state index in [0.717, 1.165) is 11.3 Å². The first-order valence-corrected chi connectivity index (χ1v) is 8.51. The SMILES string of the molecule is CCN(Cc1cc(Cl)ccc1OCC(C)C)c1ccc(C(=O)O)nn1. The molecular weight excluding hydrogens is 342 g/mol. The van der Waals surface area contributed by atoms with Crippen LogP contribution in [0.5, 0.6) is 5.75 Å². The van der Waals surface area contributed by atoms with Gasteiger partial charge in [-0.05, 0) is 43.2 Å². The second-order valence-electron chi connectivity index (χ2n) is 6.05. The minimum Gasteiger partial charge on any atom is -0.493 e. The summed E-state index contributed by atoms with van der Waals surface area (Å²) < 4.78 is 5.89. The Bertz CT molecular complexity index is 720. The van der Waals surface area contributed by atoms with Gasteiger partial charge in [0.15, 0.2) is 11.5 Å². The summed E-state index contributed by atoms with van der Waals surface area (Å²) in [6.45, 7) is 8.00. The summed E-state index contributed by atoms with van der Waals surface area (Å²) in [6, 6.07) is 8.64. The number of ether oxygens (including phenoxy) is 1. The van der Waals surface area contributed by atoms with Crippen molar-refractivity contribution in [2.24, 2.45) is 5.92 Å². The summed E-state index contributed by atoms with van der Waals surface area (Å²) in [7, 11) is 0. The third-order valence-electron chi connectivity index (χ3n) is 3.53. The van der Waals surface area contributed by atoms with Gasteiger partial charge in [0.05, 0.1) is 6.61 Å². The van der Waals surface area contributed by atoms with Gasteiger partial charge in [-0.15, -0.1) is 10.2 Å².